The topological polar surface area (TPSA) is 92.5 Å². The summed E-state index contributed by atoms with van der Waals surface area (Å²) in [5.41, 5.74) is -0.196. The molecule has 0 spiro atoms. The second kappa shape index (κ2) is 5.66. The average molecular weight is 319 g/mol. The molecule has 0 unspecified atom stereocenters. The zero-order valence-corrected chi connectivity index (χ0v) is 13.0. The first-order chi connectivity index (χ1) is 9.40. The maximum atomic E-state index is 12.5. The first-order valence-electron chi connectivity index (χ1n) is 6.36. The Labute approximate surface area is 121 Å². The summed E-state index contributed by atoms with van der Waals surface area (Å²) < 4.78 is 26.5. The minimum Gasteiger partial charge on any atom is -0.374 e. The normalized spacial score (nSPS) is 15.6. The molecular formula is C11H17N3O4S2. The minimum absolute atomic E-state index is 0.0241. The third-order valence-electron chi connectivity index (χ3n) is 3.22. The lowest BCUT2D eigenvalue weighted by Gasteiger charge is -2.18. The Kier molecular flexibility index (Phi) is 4.31. The van der Waals surface area contributed by atoms with Crippen molar-refractivity contribution in [1.82, 2.24) is 4.31 Å². The van der Waals surface area contributed by atoms with E-state index >= 15 is 0 Å². The predicted molar refractivity (Wildman–Crippen MR) is 77.7 cm³/mol. The fraction of sp³-hybridized carbons (Fsp3) is 0.636. The third kappa shape index (κ3) is 2.94. The molecule has 1 aromatic heterocycles. The molecule has 7 nitrogen and oxygen atoms in total. The molecule has 1 aromatic rings. The van der Waals surface area contributed by atoms with Gasteiger partial charge in [0.2, 0.25) is 0 Å². The Morgan fingerprint density at radius 2 is 2.20 bits per heavy atom. The van der Waals surface area contributed by atoms with E-state index in [1.165, 1.54) is 11.4 Å². The standard InChI is InChI=1S/C11H17N3O4S2/c1-3-13(7-8-4-5-8)20(17,18)10-6-9(14(15)16)11(12-2)19-10/h6,8,12H,3-5,7H2,1-2H3. The highest BCUT2D eigenvalue weighted by Crippen LogP contribution is 2.39. The van der Waals surface area contributed by atoms with Crippen LogP contribution in [0.4, 0.5) is 10.7 Å². The number of nitrogens with one attached hydrogen (secondary N) is 1. The van der Waals surface area contributed by atoms with Crippen LogP contribution in [0.2, 0.25) is 0 Å². The van der Waals surface area contributed by atoms with E-state index in [2.05, 4.69) is 5.32 Å². The van der Waals surface area contributed by atoms with Gasteiger partial charge in [-0.3, -0.25) is 10.1 Å². The molecule has 0 saturated heterocycles. The number of sulfonamides is 1. The first kappa shape index (κ1) is 15.2. The lowest BCUT2D eigenvalue weighted by molar-refractivity contribution is -0.383. The van der Waals surface area contributed by atoms with Crippen LogP contribution in [0.25, 0.3) is 0 Å². The number of anilines is 1. The smallest absolute Gasteiger partial charge is 0.304 e. The molecule has 1 saturated carbocycles. The highest BCUT2D eigenvalue weighted by Gasteiger charge is 2.33. The number of hydrogen-bond donors (Lipinski definition) is 1. The van der Waals surface area contributed by atoms with Crippen molar-refractivity contribution in [3.63, 3.8) is 0 Å². The molecule has 1 fully saturated rings. The summed E-state index contributed by atoms with van der Waals surface area (Å²) in [6, 6.07) is 1.14. The Bertz CT molecular complexity index is 607. The van der Waals surface area contributed by atoms with Crippen molar-refractivity contribution in [1.29, 1.82) is 0 Å². The molecule has 0 radical (unpaired) electrons. The van der Waals surface area contributed by atoms with Crippen LogP contribution < -0.4 is 5.32 Å². The molecule has 112 valence electrons. The van der Waals surface area contributed by atoms with E-state index in [1.54, 1.807) is 6.92 Å². The van der Waals surface area contributed by atoms with Gasteiger partial charge in [0.1, 0.15) is 4.21 Å². The van der Waals surface area contributed by atoms with Crippen molar-refractivity contribution in [2.75, 3.05) is 25.5 Å². The Morgan fingerprint density at radius 3 is 2.60 bits per heavy atom. The van der Waals surface area contributed by atoms with Gasteiger partial charge in [-0.1, -0.05) is 18.3 Å². The summed E-state index contributed by atoms with van der Waals surface area (Å²) >= 11 is 0.904. The number of thiophene rings is 1. The summed E-state index contributed by atoms with van der Waals surface area (Å²) in [6.45, 7) is 2.65. The average Bonchev–Trinajstić information content (AvgIpc) is 3.10. The van der Waals surface area contributed by atoms with Crippen LogP contribution in [-0.4, -0.2) is 37.8 Å². The van der Waals surface area contributed by atoms with E-state index in [0.717, 1.165) is 30.2 Å². The van der Waals surface area contributed by atoms with Crippen LogP contribution in [-0.2, 0) is 10.0 Å². The van der Waals surface area contributed by atoms with Gasteiger partial charge in [-0.15, -0.1) is 0 Å². The fourth-order valence-corrected chi connectivity index (χ4v) is 4.88. The zero-order valence-electron chi connectivity index (χ0n) is 11.3. The van der Waals surface area contributed by atoms with Crippen LogP contribution in [0, 0.1) is 16.0 Å². The highest BCUT2D eigenvalue weighted by molar-refractivity contribution is 7.91. The van der Waals surface area contributed by atoms with E-state index in [4.69, 9.17) is 0 Å². The molecule has 1 aliphatic rings. The Morgan fingerprint density at radius 1 is 1.55 bits per heavy atom. The maximum absolute atomic E-state index is 12.5. The van der Waals surface area contributed by atoms with Gasteiger partial charge in [0, 0.05) is 26.2 Å². The molecule has 0 amide bonds. The van der Waals surface area contributed by atoms with Gasteiger partial charge in [0.25, 0.3) is 10.0 Å². The van der Waals surface area contributed by atoms with Crippen molar-refractivity contribution < 1.29 is 13.3 Å². The molecular weight excluding hydrogens is 302 g/mol. The lowest BCUT2D eigenvalue weighted by atomic mass is 10.4. The van der Waals surface area contributed by atoms with Crippen LogP contribution in [0.5, 0.6) is 0 Å². The molecule has 0 aliphatic heterocycles. The van der Waals surface area contributed by atoms with Crippen LogP contribution in [0.3, 0.4) is 0 Å². The summed E-state index contributed by atoms with van der Waals surface area (Å²) in [7, 11) is -2.11. The third-order valence-corrected chi connectivity index (χ3v) is 6.75. The maximum Gasteiger partial charge on any atom is 0.304 e. The second-order valence-electron chi connectivity index (χ2n) is 4.69. The van der Waals surface area contributed by atoms with E-state index < -0.39 is 14.9 Å². The van der Waals surface area contributed by atoms with Gasteiger partial charge in [-0.2, -0.15) is 4.31 Å². The number of nitro groups is 1. The van der Waals surface area contributed by atoms with E-state index in [9.17, 15) is 18.5 Å². The lowest BCUT2D eigenvalue weighted by Crippen LogP contribution is -2.32. The summed E-state index contributed by atoms with van der Waals surface area (Å²) in [6.07, 6.45) is 2.11. The number of rotatable bonds is 7. The molecule has 1 N–H and O–H groups in total. The Hall–Kier alpha value is -1.19. The van der Waals surface area contributed by atoms with Crippen molar-refractivity contribution in [2.45, 2.75) is 24.0 Å². The highest BCUT2D eigenvalue weighted by atomic mass is 32.2. The molecule has 0 bridgehead atoms. The quantitative estimate of drug-likeness (QED) is 0.614. The van der Waals surface area contributed by atoms with E-state index in [1.807, 2.05) is 0 Å². The second-order valence-corrected chi connectivity index (χ2v) is 7.90. The van der Waals surface area contributed by atoms with Crippen molar-refractivity contribution in [2.24, 2.45) is 5.92 Å². The van der Waals surface area contributed by atoms with Gasteiger partial charge in [-0.25, -0.2) is 8.42 Å². The summed E-state index contributed by atoms with van der Waals surface area (Å²) in [5, 5.41) is 13.8. The SMILES string of the molecule is CCN(CC1CC1)S(=O)(=O)c1cc([N+](=O)[O-])c(NC)s1. The molecule has 20 heavy (non-hydrogen) atoms. The molecule has 0 aromatic carbocycles. The molecule has 9 heteroatoms. The van der Waals surface area contributed by atoms with Crippen molar-refractivity contribution >= 4 is 32.0 Å². The summed E-state index contributed by atoms with van der Waals surface area (Å²) in [5.74, 6) is 0.434. The summed E-state index contributed by atoms with van der Waals surface area (Å²) in [4.78, 5) is 10.3. The van der Waals surface area contributed by atoms with Gasteiger partial charge in [0.05, 0.1) is 4.92 Å². The van der Waals surface area contributed by atoms with Crippen LogP contribution in [0.15, 0.2) is 10.3 Å². The molecule has 1 aliphatic carbocycles. The van der Waals surface area contributed by atoms with Gasteiger partial charge < -0.3 is 5.32 Å². The van der Waals surface area contributed by atoms with Crippen LogP contribution >= 0.6 is 11.3 Å². The van der Waals surface area contributed by atoms with Gasteiger partial charge in [0.15, 0.2) is 5.00 Å². The molecule has 2 rings (SSSR count). The van der Waals surface area contributed by atoms with Gasteiger partial charge >= 0.3 is 5.69 Å². The monoisotopic (exact) mass is 319 g/mol. The van der Waals surface area contributed by atoms with Crippen molar-refractivity contribution in [3.8, 4) is 0 Å². The van der Waals surface area contributed by atoms with Crippen molar-refractivity contribution in [3.05, 3.63) is 16.2 Å². The molecule has 1 heterocycles. The first-order valence-corrected chi connectivity index (χ1v) is 8.62. The van der Waals surface area contributed by atoms with Crippen LogP contribution in [0.1, 0.15) is 19.8 Å². The largest absolute Gasteiger partial charge is 0.374 e. The molecule has 0 atom stereocenters. The Balaban J connectivity index is 2.34. The minimum atomic E-state index is -3.64. The van der Waals surface area contributed by atoms with E-state index in [0.29, 0.717) is 19.0 Å². The van der Waals surface area contributed by atoms with Gasteiger partial charge in [-0.05, 0) is 18.8 Å². The number of nitrogens with zero attached hydrogens (tertiary/aromatic N) is 2. The fourth-order valence-electron chi connectivity index (χ4n) is 1.91. The zero-order chi connectivity index (χ0) is 14.9. The predicted octanol–water partition coefficient (Wildman–Crippen LogP) is 2.12. The van der Waals surface area contributed by atoms with E-state index in [-0.39, 0.29) is 14.9 Å². The number of hydrogen-bond acceptors (Lipinski definition) is 6.